The Labute approximate surface area is 183 Å². The third kappa shape index (κ3) is 4.24. The molecular weight excluding hydrogens is 476 g/mol. The Kier molecular flexibility index (Phi) is 6.02. The number of carbonyl (C=O) groups is 2. The predicted octanol–water partition coefficient (Wildman–Crippen LogP) is 4.29. The number of amides is 2. The Balaban J connectivity index is 1.59. The number of aryl methyl sites for hydroxylation is 1. The van der Waals surface area contributed by atoms with Crippen LogP contribution in [0.3, 0.4) is 0 Å². The molecule has 29 heavy (non-hydrogen) atoms. The molecular formula is C19H17BrN4O3S2. The van der Waals surface area contributed by atoms with Crippen LogP contribution in [0.1, 0.15) is 43.5 Å². The molecule has 1 aliphatic rings. The molecule has 0 aliphatic heterocycles. The Morgan fingerprint density at radius 2 is 2.21 bits per heavy atom. The maximum atomic E-state index is 12.9. The van der Waals surface area contributed by atoms with Crippen LogP contribution < -0.4 is 10.6 Å². The second-order valence-electron chi connectivity index (χ2n) is 6.33. The van der Waals surface area contributed by atoms with Gasteiger partial charge in [-0.15, -0.1) is 11.3 Å². The van der Waals surface area contributed by atoms with Gasteiger partial charge in [-0.3, -0.25) is 9.59 Å². The fraction of sp³-hybridized carbons (Fsp3) is 0.263. The Morgan fingerprint density at radius 1 is 1.34 bits per heavy atom. The molecule has 0 bridgehead atoms. The number of thiophene rings is 1. The maximum Gasteiger partial charge on any atom is 0.276 e. The third-order valence-corrected chi connectivity index (χ3v) is 6.85. The van der Waals surface area contributed by atoms with Crippen LogP contribution in [0.5, 0.6) is 0 Å². The van der Waals surface area contributed by atoms with Gasteiger partial charge in [-0.05, 0) is 59.1 Å². The van der Waals surface area contributed by atoms with Crippen LogP contribution >= 0.6 is 39.0 Å². The summed E-state index contributed by atoms with van der Waals surface area (Å²) in [5, 5.41) is 6.83. The number of hydrogen-bond acceptors (Lipinski definition) is 7. The zero-order valence-electron chi connectivity index (χ0n) is 15.5. The van der Waals surface area contributed by atoms with Gasteiger partial charge in [0.25, 0.3) is 11.8 Å². The first kappa shape index (κ1) is 20.1. The molecule has 1 aliphatic carbocycles. The maximum absolute atomic E-state index is 12.9. The van der Waals surface area contributed by atoms with E-state index in [-0.39, 0.29) is 17.5 Å². The first-order chi connectivity index (χ1) is 14.1. The molecule has 0 aromatic carbocycles. The van der Waals surface area contributed by atoms with Crippen molar-refractivity contribution in [1.29, 1.82) is 0 Å². The van der Waals surface area contributed by atoms with E-state index < -0.39 is 0 Å². The smallest absolute Gasteiger partial charge is 0.276 e. The number of furan rings is 1. The van der Waals surface area contributed by atoms with Crippen LogP contribution in [0.4, 0.5) is 5.00 Å². The highest BCUT2D eigenvalue weighted by molar-refractivity contribution is 9.10. The number of nitrogens with one attached hydrogen (secondary N) is 2. The van der Waals surface area contributed by atoms with Gasteiger partial charge in [0.15, 0.2) is 5.16 Å². The number of nitrogens with zero attached hydrogens (tertiary/aromatic N) is 2. The van der Waals surface area contributed by atoms with Gasteiger partial charge >= 0.3 is 0 Å². The van der Waals surface area contributed by atoms with E-state index in [0.29, 0.717) is 32.5 Å². The van der Waals surface area contributed by atoms with Crippen LogP contribution in [0.15, 0.2) is 38.6 Å². The van der Waals surface area contributed by atoms with Crippen molar-refractivity contribution in [1.82, 2.24) is 15.3 Å². The number of thioether (sulfide) groups is 1. The molecule has 10 heteroatoms. The molecule has 3 heterocycles. The minimum absolute atomic E-state index is 0.220. The van der Waals surface area contributed by atoms with E-state index in [9.17, 15) is 9.59 Å². The summed E-state index contributed by atoms with van der Waals surface area (Å²) in [6, 6.07) is 3.58. The summed E-state index contributed by atoms with van der Waals surface area (Å²) in [6.07, 6.45) is 7.73. The molecule has 0 fully saturated rings. The fourth-order valence-corrected chi connectivity index (χ4v) is 5.17. The van der Waals surface area contributed by atoms with Gasteiger partial charge < -0.3 is 15.1 Å². The second kappa shape index (κ2) is 8.68. The number of carbonyl (C=O) groups excluding carboxylic acids is 2. The molecule has 0 spiro atoms. The average Bonchev–Trinajstić information content (AvgIpc) is 3.44. The van der Waals surface area contributed by atoms with Gasteiger partial charge in [0.1, 0.15) is 16.5 Å². The van der Waals surface area contributed by atoms with E-state index in [2.05, 4.69) is 36.5 Å². The third-order valence-electron chi connectivity index (χ3n) is 4.50. The molecule has 7 nitrogen and oxygen atoms in total. The van der Waals surface area contributed by atoms with E-state index in [0.717, 1.165) is 29.7 Å². The lowest BCUT2D eigenvalue weighted by atomic mass is 10.1. The van der Waals surface area contributed by atoms with Crippen LogP contribution in [-0.2, 0) is 19.4 Å². The summed E-state index contributed by atoms with van der Waals surface area (Å²) in [5.74, 6) is 0.0718. The van der Waals surface area contributed by atoms with Crippen molar-refractivity contribution < 1.29 is 14.0 Å². The number of rotatable bonds is 6. The lowest BCUT2D eigenvalue weighted by molar-refractivity contribution is 0.0948. The summed E-state index contributed by atoms with van der Waals surface area (Å²) in [4.78, 5) is 35.4. The molecule has 0 radical (unpaired) electrons. The Hall–Kier alpha value is -2.17. The van der Waals surface area contributed by atoms with E-state index in [1.165, 1.54) is 23.1 Å². The van der Waals surface area contributed by atoms with Crippen molar-refractivity contribution in [3.05, 3.63) is 56.5 Å². The van der Waals surface area contributed by atoms with Gasteiger partial charge in [-0.2, -0.15) is 0 Å². The molecule has 0 saturated carbocycles. The summed E-state index contributed by atoms with van der Waals surface area (Å²) >= 11 is 6.14. The number of anilines is 1. The van der Waals surface area contributed by atoms with Crippen molar-refractivity contribution in [2.75, 3.05) is 11.6 Å². The van der Waals surface area contributed by atoms with E-state index in [1.807, 2.05) is 6.26 Å². The molecule has 3 aromatic heterocycles. The largest absolute Gasteiger partial charge is 0.467 e. The molecule has 4 rings (SSSR count). The van der Waals surface area contributed by atoms with Crippen molar-refractivity contribution in [3.8, 4) is 0 Å². The topological polar surface area (TPSA) is 97.1 Å². The number of aromatic nitrogens is 2. The van der Waals surface area contributed by atoms with Crippen LogP contribution in [0, 0.1) is 0 Å². The number of halogens is 1. The van der Waals surface area contributed by atoms with Gasteiger partial charge in [-0.1, -0.05) is 11.8 Å². The molecule has 0 unspecified atom stereocenters. The second-order valence-corrected chi connectivity index (χ2v) is 9.06. The first-order valence-electron chi connectivity index (χ1n) is 8.89. The minimum atomic E-state index is -0.380. The normalized spacial score (nSPS) is 12.6. The molecule has 150 valence electrons. The van der Waals surface area contributed by atoms with Crippen molar-refractivity contribution in [2.24, 2.45) is 0 Å². The fourth-order valence-electron chi connectivity index (χ4n) is 3.17. The van der Waals surface area contributed by atoms with Gasteiger partial charge in [0.2, 0.25) is 0 Å². The lowest BCUT2D eigenvalue weighted by Crippen LogP contribution is -2.25. The standard InChI is InChI=1S/C19H17BrN4O3S2/c1-28-19-22-9-12(20)15(23-19)17(26)24-18-14(11-5-2-6-13(11)29-18)16(25)21-8-10-4-3-7-27-10/h3-4,7,9H,2,5-6,8H2,1H3,(H,21,25)(H,24,26). The van der Waals surface area contributed by atoms with Crippen LogP contribution in [0.2, 0.25) is 0 Å². The number of hydrogen-bond donors (Lipinski definition) is 2. The van der Waals surface area contributed by atoms with Crippen LogP contribution in [0.25, 0.3) is 0 Å². The Bertz CT molecular complexity index is 1070. The molecule has 0 saturated heterocycles. The summed E-state index contributed by atoms with van der Waals surface area (Å²) in [5.41, 5.74) is 1.80. The minimum Gasteiger partial charge on any atom is -0.467 e. The quantitative estimate of drug-likeness (QED) is 0.393. The molecule has 3 aromatic rings. The highest BCUT2D eigenvalue weighted by Gasteiger charge is 2.28. The summed E-state index contributed by atoms with van der Waals surface area (Å²) in [6.45, 7) is 0.290. The average molecular weight is 493 g/mol. The first-order valence-corrected chi connectivity index (χ1v) is 11.7. The lowest BCUT2D eigenvalue weighted by Gasteiger charge is -2.10. The summed E-state index contributed by atoms with van der Waals surface area (Å²) in [7, 11) is 0. The van der Waals surface area contributed by atoms with Crippen LogP contribution in [-0.4, -0.2) is 28.0 Å². The van der Waals surface area contributed by atoms with E-state index >= 15 is 0 Å². The van der Waals surface area contributed by atoms with Gasteiger partial charge in [-0.25, -0.2) is 9.97 Å². The zero-order valence-corrected chi connectivity index (χ0v) is 18.7. The van der Waals surface area contributed by atoms with E-state index in [1.54, 1.807) is 24.6 Å². The Morgan fingerprint density at radius 3 is 2.97 bits per heavy atom. The van der Waals surface area contributed by atoms with Crippen molar-refractivity contribution in [3.63, 3.8) is 0 Å². The monoisotopic (exact) mass is 492 g/mol. The highest BCUT2D eigenvalue weighted by atomic mass is 79.9. The highest BCUT2D eigenvalue weighted by Crippen LogP contribution is 2.39. The van der Waals surface area contributed by atoms with E-state index in [4.69, 9.17) is 4.42 Å². The SMILES string of the molecule is CSc1ncc(Br)c(C(=O)Nc2sc3c(c2C(=O)NCc2ccco2)CCC3)n1. The summed E-state index contributed by atoms with van der Waals surface area (Å²) < 4.78 is 5.78. The van der Waals surface area contributed by atoms with Crippen molar-refractivity contribution >= 4 is 55.8 Å². The zero-order chi connectivity index (χ0) is 20.4. The van der Waals surface area contributed by atoms with Gasteiger partial charge in [0, 0.05) is 11.1 Å². The molecule has 2 amide bonds. The molecule has 2 N–H and O–H groups in total. The predicted molar refractivity (Wildman–Crippen MR) is 116 cm³/mol. The van der Waals surface area contributed by atoms with Crippen molar-refractivity contribution in [2.45, 2.75) is 31.0 Å². The van der Waals surface area contributed by atoms with Gasteiger partial charge in [0.05, 0.1) is 22.8 Å². The molecule has 0 atom stereocenters. The number of fused-ring (bicyclic) bond motifs is 1.